The van der Waals surface area contributed by atoms with Gasteiger partial charge in [-0.15, -0.1) is 0 Å². The van der Waals surface area contributed by atoms with Crippen LogP contribution in [0.15, 0.2) is 21.3 Å². The van der Waals surface area contributed by atoms with Gasteiger partial charge in [0, 0.05) is 25.3 Å². The Morgan fingerprint density at radius 2 is 2.29 bits per heavy atom. The standard InChI is InChI=1S/C17H19N3O4/c1-10-2-3-12(15(21)18-10)17(22)20-6-4-14-13(8-20)19-16(24-14)11-5-7-23-9-11/h2-3,11H,4-9H2,1H3,(H,18,21). The number of aryl methyl sites for hydroxylation is 1. The van der Waals surface area contributed by atoms with Gasteiger partial charge in [-0.2, -0.15) is 0 Å². The second-order valence-corrected chi connectivity index (χ2v) is 6.34. The van der Waals surface area contributed by atoms with E-state index in [9.17, 15) is 9.59 Å². The molecule has 4 heterocycles. The molecule has 7 heteroatoms. The van der Waals surface area contributed by atoms with Crippen molar-refractivity contribution in [3.8, 4) is 0 Å². The summed E-state index contributed by atoms with van der Waals surface area (Å²) in [4.78, 5) is 33.5. The van der Waals surface area contributed by atoms with Crippen molar-refractivity contribution in [2.45, 2.75) is 32.2 Å². The van der Waals surface area contributed by atoms with Crippen molar-refractivity contribution < 1.29 is 13.9 Å². The van der Waals surface area contributed by atoms with Gasteiger partial charge in [0.15, 0.2) is 5.89 Å². The molecule has 1 amide bonds. The second kappa shape index (κ2) is 5.90. The highest BCUT2D eigenvalue weighted by Crippen LogP contribution is 2.29. The lowest BCUT2D eigenvalue weighted by molar-refractivity contribution is 0.0726. The third kappa shape index (κ3) is 2.65. The van der Waals surface area contributed by atoms with Crippen LogP contribution in [0.2, 0.25) is 0 Å². The van der Waals surface area contributed by atoms with Gasteiger partial charge in [-0.1, -0.05) is 0 Å². The average Bonchev–Trinajstić information content (AvgIpc) is 3.22. The molecule has 0 spiro atoms. The quantitative estimate of drug-likeness (QED) is 0.899. The van der Waals surface area contributed by atoms with E-state index in [2.05, 4.69) is 9.97 Å². The summed E-state index contributed by atoms with van der Waals surface area (Å²) in [6.45, 7) is 4.05. The molecule has 0 saturated carbocycles. The Balaban J connectivity index is 1.55. The minimum atomic E-state index is -0.352. The van der Waals surface area contributed by atoms with Crippen LogP contribution in [-0.2, 0) is 17.7 Å². The highest BCUT2D eigenvalue weighted by molar-refractivity contribution is 5.93. The molecule has 24 heavy (non-hydrogen) atoms. The molecule has 0 bridgehead atoms. The monoisotopic (exact) mass is 329 g/mol. The van der Waals surface area contributed by atoms with E-state index in [-0.39, 0.29) is 22.9 Å². The van der Waals surface area contributed by atoms with Gasteiger partial charge in [0.2, 0.25) is 0 Å². The number of nitrogens with zero attached hydrogens (tertiary/aromatic N) is 2. The third-order valence-electron chi connectivity index (χ3n) is 4.60. The number of pyridine rings is 1. The lowest BCUT2D eigenvalue weighted by Crippen LogP contribution is -2.38. The summed E-state index contributed by atoms with van der Waals surface area (Å²) in [7, 11) is 0. The predicted octanol–water partition coefficient (Wildman–Crippen LogP) is 1.37. The van der Waals surface area contributed by atoms with Crippen LogP contribution in [0.3, 0.4) is 0 Å². The molecule has 126 valence electrons. The van der Waals surface area contributed by atoms with Gasteiger partial charge < -0.3 is 19.0 Å². The zero-order valence-electron chi connectivity index (χ0n) is 13.5. The highest BCUT2D eigenvalue weighted by atomic mass is 16.5. The number of oxazole rings is 1. The number of aromatic amines is 1. The van der Waals surface area contributed by atoms with Gasteiger partial charge in [0.1, 0.15) is 17.0 Å². The summed E-state index contributed by atoms with van der Waals surface area (Å²) >= 11 is 0. The highest BCUT2D eigenvalue weighted by Gasteiger charge is 2.30. The van der Waals surface area contributed by atoms with Gasteiger partial charge in [0.05, 0.1) is 19.1 Å². The summed E-state index contributed by atoms with van der Waals surface area (Å²) < 4.78 is 11.2. The number of nitrogens with one attached hydrogen (secondary N) is 1. The summed E-state index contributed by atoms with van der Waals surface area (Å²) in [5, 5.41) is 0. The number of aromatic nitrogens is 2. The molecule has 1 saturated heterocycles. The minimum Gasteiger partial charge on any atom is -0.445 e. The number of H-pyrrole nitrogens is 1. The van der Waals surface area contributed by atoms with Crippen LogP contribution in [0.1, 0.15) is 45.7 Å². The van der Waals surface area contributed by atoms with Crippen molar-refractivity contribution in [2.75, 3.05) is 19.8 Å². The normalized spacial score (nSPS) is 20.2. The van der Waals surface area contributed by atoms with E-state index in [1.807, 2.05) is 0 Å². The fourth-order valence-corrected chi connectivity index (χ4v) is 3.21. The number of amides is 1. The molecular formula is C17H19N3O4. The van der Waals surface area contributed by atoms with Gasteiger partial charge in [0.25, 0.3) is 11.5 Å². The first-order valence-electron chi connectivity index (χ1n) is 8.17. The maximum Gasteiger partial charge on any atom is 0.260 e. The van der Waals surface area contributed by atoms with E-state index >= 15 is 0 Å². The number of carbonyl (C=O) groups excluding carboxylic acids is 1. The molecule has 1 fully saturated rings. The molecule has 4 rings (SSSR count). The molecule has 0 radical (unpaired) electrons. The topological polar surface area (TPSA) is 88.4 Å². The van der Waals surface area contributed by atoms with Crippen molar-refractivity contribution in [2.24, 2.45) is 0 Å². The molecule has 2 aromatic heterocycles. The van der Waals surface area contributed by atoms with E-state index in [0.717, 1.165) is 30.2 Å². The number of ether oxygens (including phenoxy) is 1. The molecule has 1 atom stereocenters. The zero-order valence-corrected chi connectivity index (χ0v) is 13.5. The Morgan fingerprint density at radius 3 is 3.04 bits per heavy atom. The fourth-order valence-electron chi connectivity index (χ4n) is 3.21. The van der Waals surface area contributed by atoms with E-state index in [0.29, 0.717) is 32.0 Å². The van der Waals surface area contributed by atoms with Crippen LogP contribution in [0.4, 0.5) is 0 Å². The van der Waals surface area contributed by atoms with Gasteiger partial charge in [-0.05, 0) is 25.5 Å². The van der Waals surface area contributed by atoms with Crippen molar-refractivity contribution in [3.63, 3.8) is 0 Å². The molecule has 2 aliphatic heterocycles. The molecule has 0 aliphatic carbocycles. The number of fused-ring (bicyclic) bond motifs is 1. The van der Waals surface area contributed by atoms with E-state index in [1.165, 1.54) is 0 Å². The molecule has 2 aromatic rings. The van der Waals surface area contributed by atoms with E-state index < -0.39 is 0 Å². The zero-order chi connectivity index (χ0) is 16.7. The van der Waals surface area contributed by atoms with Crippen LogP contribution in [0.5, 0.6) is 0 Å². The van der Waals surface area contributed by atoms with Crippen LogP contribution in [0, 0.1) is 6.92 Å². The molecule has 7 nitrogen and oxygen atoms in total. The summed E-state index contributed by atoms with van der Waals surface area (Å²) in [6, 6.07) is 3.31. The van der Waals surface area contributed by atoms with Crippen LogP contribution in [-0.4, -0.2) is 40.5 Å². The van der Waals surface area contributed by atoms with Gasteiger partial charge in [-0.3, -0.25) is 9.59 Å². The maximum absolute atomic E-state index is 12.6. The predicted molar refractivity (Wildman–Crippen MR) is 84.9 cm³/mol. The lowest BCUT2D eigenvalue weighted by Gasteiger charge is -2.25. The number of rotatable bonds is 2. The second-order valence-electron chi connectivity index (χ2n) is 6.34. The summed E-state index contributed by atoms with van der Waals surface area (Å²) in [5.74, 6) is 1.49. The SMILES string of the molecule is Cc1ccc(C(=O)N2CCc3oc(C4CCOC4)nc3C2)c(=O)[nH]1. The van der Waals surface area contributed by atoms with Crippen molar-refractivity contribution in [1.82, 2.24) is 14.9 Å². The Bertz CT molecular complexity index is 833. The van der Waals surface area contributed by atoms with Gasteiger partial charge >= 0.3 is 0 Å². The lowest BCUT2D eigenvalue weighted by atomic mass is 10.1. The van der Waals surface area contributed by atoms with Crippen LogP contribution < -0.4 is 5.56 Å². The number of hydrogen-bond acceptors (Lipinski definition) is 5. The Labute approximate surface area is 138 Å². The van der Waals surface area contributed by atoms with Crippen molar-refractivity contribution in [1.29, 1.82) is 0 Å². The first-order chi connectivity index (χ1) is 11.6. The Hall–Kier alpha value is -2.41. The maximum atomic E-state index is 12.6. The Kier molecular flexibility index (Phi) is 3.72. The number of hydrogen-bond donors (Lipinski definition) is 1. The molecule has 1 unspecified atom stereocenters. The summed E-state index contributed by atoms with van der Waals surface area (Å²) in [5.41, 5.74) is 1.34. The van der Waals surface area contributed by atoms with Gasteiger partial charge in [-0.25, -0.2) is 4.98 Å². The van der Waals surface area contributed by atoms with E-state index in [1.54, 1.807) is 24.0 Å². The van der Waals surface area contributed by atoms with Crippen LogP contribution in [0.25, 0.3) is 0 Å². The molecular weight excluding hydrogens is 310 g/mol. The third-order valence-corrected chi connectivity index (χ3v) is 4.60. The van der Waals surface area contributed by atoms with E-state index in [4.69, 9.17) is 9.15 Å². The Morgan fingerprint density at radius 1 is 1.42 bits per heavy atom. The smallest absolute Gasteiger partial charge is 0.260 e. The van der Waals surface area contributed by atoms with Crippen molar-refractivity contribution >= 4 is 5.91 Å². The number of carbonyl (C=O) groups is 1. The van der Waals surface area contributed by atoms with Crippen LogP contribution >= 0.6 is 0 Å². The molecule has 0 aromatic carbocycles. The minimum absolute atomic E-state index is 0.164. The molecule has 2 aliphatic rings. The molecule has 1 N–H and O–H groups in total. The first-order valence-corrected chi connectivity index (χ1v) is 8.17. The average molecular weight is 329 g/mol. The first kappa shape index (κ1) is 15.1. The fraction of sp³-hybridized carbons (Fsp3) is 0.471. The largest absolute Gasteiger partial charge is 0.445 e. The van der Waals surface area contributed by atoms with Crippen molar-refractivity contribution in [3.05, 3.63) is 51.1 Å². The summed E-state index contributed by atoms with van der Waals surface area (Å²) in [6.07, 6.45) is 1.53.